The zero-order valence-corrected chi connectivity index (χ0v) is 25.9. The first-order chi connectivity index (χ1) is 21.9. The zero-order valence-electron chi connectivity index (χ0n) is 25.1. The van der Waals surface area contributed by atoms with Crippen LogP contribution in [0.5, 0.6) is 0 Å². The molecule has 2 amide bonds. The largest absolute Gasteiger partial charge is 0.344 e. The molecular weight excluding hydrogens is 577 g/mol. The Labute approximate surface area is 265 Å². The fourth-order valence-electron chi connectivity index (χ4n) is 5.95. The molecule has 2 aromatic heterocycles. The van der Waals surface area contributed by atoms with Crippen molar-refractivity contribution < 1.29 is 9.59 Å². The predicted molar refractivity (Wildman–Crippen MR) is 184 cm³/mol. The maximum atomic E-state index is 13.7. The molecule has 0 saturated heterocycles. The van der Waals surface area contributed by atoms with Gasteiger partial charge in [-0.15, -0.1) is 0 Å². The number of benzene rings is 5. The van der Waals surface area contributed by atoms with Crippen molar-refractivity contribution in [3.8, 4) is 11.3 Å². The molecule has 6 nitrogen and oxygen atoms in total. The van der Waals surface area contributed by atoms with E-state index in [9.17, 15) is 9.59 Å². The number of imidazole rings is 1. The number of aryl methyl sites for hydroxylation is 2. The lowest BCUT2D eigenvalue weighted by molar-refractivity contribution is -0.126. The summed E-state index contributed by atoms with van der Waals surface area (Å²) in [5.74, 6) is -0.456. The maximum absolute atomic E-state index is 13.7. The third-order valence-electron chi connectivity index (χ3n) is 8.00. The Hall–Kier alpha value is -5.27. The van der Waals surface area contributed by atoms with Crippen molar-refractivity contribution in [2.75, 3.05) is 5.32 Å². The first kappa shape index (κ1) is 28.5. The van der Waals surface area contributed by atoms with Gasteiger partial charge in [-0.25, -0.2) is 4.98 Å². The van der Waals surface area contributed by atoms with Gasteiger partial charge in [-0.3, -0.25) is 14.0 Å². The monoisotopic (exact) mass is 608 g/mol. The second-order valence-corrected chi connectivity index (χ2v) is 12.6. The van der Waals surface area contributed by atoms with Crippen molar-refractivity contribution >= 4 is 54.8 Å². The first-order valence-electron chi connectivity index (χ1n) is 15.0. The number of para-hydroxylation sites is 1. The summed E-state index contributed by atoms with van der Waals surface area (Å²) in [6.07, 6.45) is 2.62. The van der Waals surface area contributed by atoms with E-state index in [2.05, 4.69) is 57.5 Å². The van der Waals surface area contributed by atoms with Crippen LogP contribution in [0, 0.1) is 13.8 Å². The molecule has 45 heavy (non-hydrogen) atoms. The molecule has 0 aliphatic heterocycles. The molecule has 7 rings (SSSR count). The van der Waals surface area contributed by atoms with Gasteiger partial charge < -0.3 is 10.6 Å². The topological polar surface area (TPSA) is 75.5 Å². The number of nitrogens with zero attached hydrogens (tertiary/aromatic N) is 2. The number of rotatable bonds is 8. The number of hydrogen-bond acceptors (Lipinski definition) is 4. The molecule has 5 aromatic carbocycles. The highest BCUT2D eigenvalue weighted by molar-refractivity contribution is 7.23. The molecule has 7 heteroatoms. The van der Waals surface area contributed by atoms with Gasteiger partial charge in [-0.05, 0) is 60.0 Å². The normalized spacial score (nSPS) is 12.0. The molecule has 7 aromatic rings. The van der Waals surface area contributed by atoms with E-state index < -0.39 is 6.04 Å². The van der Waals surface area contributed by atoms with Gasteiger partial charge in [-0.2, -0.15) is 0 Å². The van der Waals surface area contributed by atoms with Crippen LogP contribution < -0.4 is 10.6 Å². The van der Waals surface area contributed by atoms with Gasteiger partial charge >= 0.3 is 0 Å². The molecule has 2 heterocycles. The fraction of sp³-hybridized carbons (Fsp3) is 0.132. The van der Waals surface area contributed by atoms with Crippen molar-refractivity contribution in [2.45, 2.75) is 32.7 Å². The lowest BCUT2D eigenvalue weighted by Crippen LogP contribution is -2.45. The van der Waals surface area contributed by atoms with Gasteiger partial charge in [0.25, 0.3) is 0 Å². The average Bonchev–Trinajstić information content (AvgIpc) is 3.59. The van der Waals surface area contributed by atoms with Gasteiger partial charge in [0.1, 0.15) is 6.04 Å². The smallest absolute Gasteiger partial charge is 0.247 e. The second kappa shape index (κ2) is 12.0. The Morgan fingerprint density at radius 3 is 2.33 bits per heavy atom. The number of hydrogen-bond donors (Lipinski definition) is 2. The summed E-state index contributed by atoms with van der Waals surface area (Å²) in [6.45, 7) is 4.04. The quantitative estimate of drug-likeness (QED) is 0.184. The van der Waals surface area contributed by atoms with Crippen LogP contribution in [-0.2, 0) is 22.4 Å². The number of nitrogens with one attached hydrogen (secondary N) is 2. The lowest BCUT2D eigenvalue weighted by Gasteiger charge is -2.19. The third-order valence-corrected chi connectivity index (χ3v) is 9.04. The van der Waals surface area contributed by atoms with Gasteiger partial charge in [-0.1, -0.05) is 107 Å². The van der Waals surface area contributed by atoms with E-state index in [1.165, 1.54) is 4.70 Å². The molecule has 0 radical (unpaired) electrons. The van der Waals surface area contributed by atoms with Crippen molar-refractivity contribution in [1.29, 1.82) is 0 Å². The summed E-state index contributed by atoms with van der Waals surface area (Å²) in [5, 5.41) is 8.28. The Morgan fingerprint density at radius 2 is 1.53 bits per heavy atom. The Balaban J connectivity index is 1.10. The highest BCUT2D eigenvalue weighted by Gasteiger charge is 2.22. The molecule has 0 spiro atoms. The zero-order chi connectivity index (χ0) is 30.9. The number of thiazole rings is 1. The van der Waals surface area contributed by atoms with Crippen LogP contribution in [0.3, 0.4) is 0 Å². The summed E-state index contributed by atoms with van der Waals surface area (Å²) >= 11 is 1.66. The van der Waals surface area contributed by atoms with E-state index in [4.69, 9.17) is 4.98 Å². The van der Waals surface area contributed by atoms with E-state index in [0.29, 0.717) is 12.1 Å². The van der Waals surface area contributed by atoms with E-state index >= 15 is 0 Å². The third kappa shape index (κ3) is 6.21. The van der Waals surface area contributed by atoms with Crippen LogP contribution in [0.1, 0.15) is 22.3 Å². The standard InChI is InChI=1S/C38H32N4O2S/c1-24-17-25(2)19-27(18-24)22-36(43)40-32(21-26-11-12-28-7-3-4-8-30(28)20-26)37(44)39-31-15-13-29(14-16-31)33-23-42-34-9-5-6-10-35(34)45-38(42)41-33/h3-20,23,32H,21-22H2,1-2H3,(H,39,44)(H,40,43). The minimum absolute atomic E-state index is 0.191. The molecule has 1 unspecified atom stereocenters. The SMILES string of the molecule is Cc1cc(C)cc(CC(=O)NC(Cc2ccc3ccccc3c2)C(=O)Nc2ccc(-c3cn4c(n3)sc3ccccc34)cc2)c1. The van der Waals surface area contributed by atoms with Crippen LogP contribution in [0.4, 0.5) is 5.69 Å². The van der Waals surface area contributed by atoms with Crippen molar-refractivity contribution in [2.24, 2.45) is 0 Å². The van der Waals surface area contributed by atoms with E-state index in [1.54, 1.807) is 11.3 Å². The fourth-order valence-corrected chi connectivity index (χ4v) is 6.96. The van der Waals surface area contributed by atoms with Crippen LogP contribution >= 0.6 is 11.3 Å². The Bertz CT molecular complexity index is 2180. The minimum atomic E-state index is -0.752. The molecular formula is C38H32N4O2S. The number of aromatic nitrogens is 2. The average molecular weight is 609 g/mol. The molecule has 0 fully saturated rings. The highest BCUT2D eigenvalue weighted by atomic mass is 32.1. The number of anilines is 1. The molecule has 222 valence electrons. The van der Waals surface area contributed by atoms with Crippen LogP contribution in [0.25, 0.3) is 37.2 Å². The van der Waals surface area contributed by atoms with Crippen LogP contribution in [0.2, 0.25) is 0 Å². The number of carbonyl (C=O) groups is 2. The summed E-state index contributed by atoms with van der Waals surface area (Å²) in [5.41, 5.74) is 7.74. The number of fused-ring (bicyclic) bond motifs is 4. The van der Waals surface area contributed by atoms with Crippen molar-refractivity contribution in [3.05, 3.63) is 138 Å². The van der Waals surface area contributed by atoms with Gasteiger partial charge in [0.05, 0.1) is 22.3 Å². The second-order valence-electron chi connectivity index (χ2n) is 11.6. The number of amides is 2. The van der Waals surface area contributed by atoms with Crippen LogP contribution in [0.15, 0.2) is 115 Å². The molecule has 2 N–H and O–H groups in total. The van der Waals surface area contributed by atoms with E-state index in [-0.39, 0.29) is 18.2 Å². The molecule has 0 bridgehead atoms. The molecule has 0 saturated carbocycles. The lowest BCUT2D eigenvalue weighted by atomic mass is 10.0. The van der Waals surface area contributed by atoms with Gasteiger partial charge in [0, 0.05) is 23.9 Å². The first-order valence-corrected chi connectivity index (χ1v) is 15.8. The van der Waals surface area contributed by atoms with Gasteiger partial charge in [0.15, 0.2) is 4.96 Å². The predicted octanol–water partition coefficient (Wildman–Crippen LogP) is 7.89. The number of carbonyl (C=O) groups excluding carboxylic acids is 2. The van der Waals surface area contributed by atoms with E-state index in [1.807, 2.05) is 86.8 Å². The summed E-state index contributed by atoms with van der Waals surface area (Å²) < 4.78 is 3.31. The van der Waals surface area contributed by atoms with Crippen LogP contribution in [-0.4, -0.2) is 27.2 Å². The molecule has 1 atom stereocenters. The maximum Gasteiger partial charge on any atom is 0.247 e. The molecule has 0 aliphatic carbocycles. The Kier molecular flexibility index (Phi) is 7.61. The molecule has 0 aliphatic rings. The van der Waals surface area contributed by atoms with E-state index in [0.717, 1.165) is 54.8 Å². The summed E-state index contributed by atoms with van der Waals surface area (Å²) in [7, 11) is 0. The summed E-state index contributed by atoms with van der Waals surface area (Å²) in [6, 6.07) is 35.6. The highest BCUT2D eigenvalue weighted by Crippen LogP contribution is 2.29. The minimum Gasteiger partial charge on any atom is -0.344 e. The summed E-state index contributed by atoms with van der Waals surface area (Å²) in [4.78, 5) is 32.7. The van der Waals surface area contributed by atoms with Crippen molar-refractivity contribution in [1.82, 2.24) is 14.7 Å². The Morgan fingerprint density at radius 1 is 0.800 bits per heavy atom. The van der Waals surface area contributed by atoms with Gasteiger partial charge in [0.2, 0.25) is 11.8 Å². The van der Waals surface area contributed by atoms with Crippen molar-refractivity contribution in [3.63, 3.8) is 0 Å².